The molecule has 0 spiro atoms. The normalized spacial score (nSPS) is 17.4. The van der Waals surface area contributed by atoms with E-state index in [1.54, 1.807) is 0 Å². The molecule has 1 fully saturated rings. The minimum atomic E-state index is 0.352. The van der Waals surface area contributed by atoms with E-state index in [0.717, 1.165) is 24.0 Å². The SMILES string of the molecule is CNC(CCN(C)C1CC1)c1ccccc1Cl. The van der Waals surface area contributed by atoms with Crippen molar-refractivity contribution in [1.82, 2.24) is 10.2 Å². The Balaban J connectivity index is 1.93. The van der Waals surface area contributed by atoms with E-state index in [2.05, 4.69) is 29.4 Å². The summed E-state index contributed by atoms with van der Waals surface area (Å²) in [5.74, 6) is 0. The Morgan fingerprint density at radius 1 is 1.41 bits per heavy atom. The first-order chi connectivity index (χ1) is 8.22. The predicted molar refractivity (Wildman–Crippen MR) is 73.5 cm³/mol. The Hall–Kier alpha value is -0.570. The van der Waals surface area contributed by atoms with Gasteiger partial charge < -0.3 is 10.2 Å². The Morgan fingerprint density at radius 2 is 2.12 bits per heavy atom. The van der Waals surface area contributed by atoms with E-state index in [4.69, 9.17) is 11.6 Å². The van der Waals surface area contributed by atoms with Gasteiger partial charge >= 0.3 is 0 Å². The third-order valence-electron chi connectivity index (χ3n) is 3.57. The molecule has 1 aromatic carbocycles. The van der Waals surface area contributed by atoms with Gasteiger partial charge in [0.15, 0.2) is 0 Å². The summed E-state index contributed by atoms with van der Waals surface area (Å²) < 4.78 is 0. The predicted octanol–water partition coefficient (Wildman–Crippen LogP) is 3.08. The smallest absolute Gasteiger partial charge is 0.0453 e. The fraction of sp³-hybridized carbons (Fsp3) is 0.571. The van der Waals surface area contributed by atoms with Gasteiger partial charge in [-0.2, -0.15) is 0 Å². The zero-order valence-electron chi connectivity index (χ0n) is 10.6. The molecule has 1 unspecified atom stereocenters. The van der Waals surface area contributed by atoms with Crippen LogP contribution >= 0.6 is 11.6 Å². The molecule has 0 radical (unpaired) electrons. The van der Waals surface area contributed by atoms with E-state index in [0.29, 0.717) is 6.04 Å². The Kier molecular flexibility index (Phi) is 4.43. The average Bonchev–Trinajstić information content (AvgIpc) is 3.15. The molecule has 2 rings (SSSR count). The zero-order chi connectivity index (χ0) is 12.3. The van der Waals surface area contributed by atoms with Crippen LogP contribution < -0.4 is 5.32 Å². The van der Waals surface area contributed by atoms with Crippen LogP contribution in [0, 0.1) is 0 Å². The van der Waals surface area contributed by atoms with E-state index in [1.807, 2.05) is 19.2 Å². The molecule has 17 heavy (non-hydrogen) atoms. The van der Waals surface area contributed by atoms with Crippen LogP contribution in [0.4, 0.5) is 0 Å². The molecule has 1 atom stereocenters. The molecule has 0 bridgehead atoms. The van der Waals surface area contributed by atoms with Gasteiger partial charge in [0.2, 0.25) is 0 Å². The van der Waals surface area contributed by atoms with Gasteiger partial charge in [0.1, 0.15) is 0 Å². The van der Waals surface area contributed by atoms with Crippen molar-refractivity contribution in [1.29, 1.82) is 0 Å². The molecular weight excluding hydrogens is 232 g/mol. The molecule has 3 heteroatoms. The number of halogens is 1. The second-order valence-electron chi connectivity index (χ2n) is 4.86. The summed E-state index contributed by atoms with van der Waals surface area (Å²) in [7, 11) is 4.22. The number of hydrogen-bond acceptors (Lipinski definition) is 2. The summed E-state index contributed by atoms with van der Waals surface area (Å²) in [6.07, 6.45) is 3.84. The van der Waals surface area contributed by atoms with Gasteiger partial charge in [0.25, 0.3) is 0 Å². The first kappa shape index (κ1) is 12.9. The average molecular weight is 253 g/mol. The van der Waals surface area contributed by atoms with Crippen molar-refractivity contribution in [3.63, 3.8) is 0 Å². The van der Waals surface area contributed by atoms with Gasteiger partial charge in [-0.3, -0.25) is 0 Å². The number of hydrogen-bond donors (Lipinski definition) is 1. The third kappa shape index (κ3) is 3.44. The van der Waals surface area contributed by atoms with E-state index in [-0.39, 0.29) is 0 Å². The number of benzene rings is 1. The summed E-state index contributed by atoms with van der Waals surface area (Å²) in [4.78, 5) is 2.46. The van der Waals surface area contributed by atoms with Gasteiger partial charge in [-0.25, -0.2) is 0 Å². The lowest BCUT2D eigenvalue weighted by Crippen LogP contribution is -2.27. The minimum absolute atomic E-state index is 0.352. The van der Waals surface area contributed by atoms with Crippen LogP contribution in [0.2, 0.25) is 5.02 Å². The molecule has 0 amide bonds. The molecule has 0 saturated heterocycles. The largest absolute Gasteiger partial charge is 0.313 e. The molecule has 0 aliphatic heterocycles. The molecule has 0 heterocycles. The van der Waals surface area contributed by atoms with Crippen molar-refractivity contribution in [2.75, 3.05) is 20.6 Å². The number of nitrogens with one attached hydrogen (secondary N) is 1. The summed E-state index contributed by atoms with van der Waals surface area (Å²) in [5, 5.41) is 4.22. The summed E-state index contributed by atoms with van der Waals surface area (Å²) in [6.45, 7) is 1.13. The van der Waals surface area contributed by atoms with Crippen LogP contribution in [0.15, 0.2) is 24.3 Å². The maximum atomic E-state index is 6.23. The van der Waals surface area contributed by atoms with Crippen LogP contribution in [0.3, 0.4) is 0 Å². The summed E-state index contributed by atoms with van der Waals surface area (Å²) in [5.41, 5.74) is 1.21. The van der Waals surface area contributed by atoms with Crippen LogP contribution in [0.5, 0.6) is 0 Å². The van der Waals surface area contributed by atoms with Gasteiger partial charge in [-0.05, 0) is 51.5 Å². The van der Waals surface area contributed by atoms with E-state index in [1.165, 1.54) is 18.4 Å². The lowest BCUT2D eigenvalue weighted by Gasteiger charge is -2.22. The zero-order valence-corrected chi connectivity index (χ0v) is 11.4. The lowest BCUT2D eigenvalue weighted by atomic mass is 10.0. The van der Waals surface area contributed by atoms with Crippen molar-refractivity contribution in [3.05, 3.63) is 34.9 Å². The number of nitrogens with zero attached hydrogens (tertiary/aromatic N) is 1. The van der Waals surface area contributed by atoms with Crippen molar-refractivity contribution in [2.45, 2.75) is 31.3 Å². The Morgan fingerprint density at radius 3 is 2.71 bits per heavy atom. The highest BCUT2D eigenvalue weighted by atomic mass is 35.5. The third-order valence-corrected chi connectivity index (χ3v) is 3.91. The molecular formula is C14H21ClN2. The van der Waals surface area contributed by atoms with Crippen LogP contribution in [0.1, 0.15) is 30.9 Å². The van der Waals surface area contributed by atoms with Crippen LogP contribution in [0.25, 0.3) is 0 Å². The van der Waals surface area contributed by atoms with Crippen molar-refractivity contribution in [2.24, 2.45) is 0 Å². The fourth-order valence-corrected chi connectivity index (χ4v) is 2.51. The van der Waals surface area contributed by atoms with Crippen LogP contribution in [-0.4, -0.2) is 31.6 Å². The van der Waals surface area contributed by atoms with Crippen molar-refractivity contribution < 1.29 is 0 Å². The molecule has 1 aliphatic carbocycles. The maximum Gasteiger partial charge on any atom is 0.0453 e. The Labute approximate surface area is 109 Å². The highest BCUT2D eigenvalue weighted by molar-refractivity contribution is 6.31. The molecule has 1 saturated carbocycles. The van der Waals surface area contributed by atoms with Crippen LogP contribution in [-0.2, 0) is 0 Å². The fourth-order valence-electron chi connectivity index (χ4n) is 2.24. The molecule has 0 aromatic heterocycles. The first-order valence-electron chi connectivity index (χ1n) is 6.34. The lowest BCUT2D eigenvalue weighted by molar-refractivity contribution is 0.302. The molecule has 1 aliphatic rings. The Bertz CT molecular complexity index is 363. The standard InChI is InChI=1S/C14H21ClN2/c1-16-14(9-10-17(2)11-7-8-11)12-5-3-4-6-13(12)15/h3-6,11,14,16H,7-10H2,1-2H3. The highest BCUT2D eigenvalue weighted by Crippen LogP contribution is 2.28. The monoisotopic (exact) mass is 252 g/mol. The first-order valence-corrected chi connectivity index (χ1v) is 6.72. The van der Waals surface area contributed by atoms with E-state index < -0.39 is 0 Å². The van der Waals surface area contributed by atoms with Gasteiger partial charge in [0.05, 0.1) is 0 Å². The summed E-state index contributed by atoms with van der Waals surface area (Å²) >= 11 is 6.23. The number of rotatable bonds is 6. The van der Waals surface area contributed by atoms with Crippen molar-refractivity contribution in [3.8, 4) is 0 Å². The van der Waals surface area contributed by atoms with Gasteiger partial charge in [-0.15, -0.1) is 0 Å². The van der Waals surface area contributed by atoms with E-state index in [9.17, 15) is 0 Å². The van der Waals surface area contributed by atoms with E-state index >= 15 is 0 Å². The van der Waals surface area contributed by atoms with Gasteiger partial charge in [-0.1, -0.05) is 29.8 Å². The molecule has 1 N–H and O–H groups in total. The second-order valence-corrected chi connectivity index (χ2v) is 5.27. The van der Waals surface area contributed by atoms with Gasteiger partial charge in [0, 0.05) is 17.1 Å². The molecule has 1 aromatic rings. The maximum absolute atomic E-state index is 6.23. The quantitative estimate of drug-likeness (QED) is 0.837. The highest BCUT2D eigenvalue weighted by Gasteiger charge is 2.26. The molecule has 94 valence electrons. The minimum Gasteiger partial charge on any atom is -0.313 e. The van der Waals surface area contributed by atoms with Crippen molar-refractivity contribution >= 4 is 11.6 Å². The second kappa shape index (κ2) is 5.85. The molecule has 2 nitrogen and oxygen atoms in total. The topological polar surface area (TPSA) is 15.3 Å². The summed E-state index contributed by atoms with van der Waals surface area (Å²) in [6, 6.07) is 9.29.